The Morgan fingerprint density at radius 2 is 1.71 bits per heavy atom. The third kappa shape index (κ3) is 4.50. The number of carbonyl (C=O) groups is 1. The van der Waals surface area contributed by atoms with E-state index in [1.165, 1.54) is 22.9 Å². The highest BCUT2D eigenvalue weighted by molar-refractivity contribution is 7.89. The molecule has 1 heterocycles. The van der Waals surface area contributed by atoms with E-state index < -0.39 is 10.0 Å². The van der Waals surface area contributed by atoms with E-state index in [9.17, 15) is 13.2 Å². The highest BCUT2D eigenvalue weighted by atomic mass is 32.2. The van der Waals surface area contributed by atoms with E-state index in [1.807, 2.05) is 24.3 Å². The summed E-state index contributed by atoms with van der Waals surface area (Å²) >= 11 is 0. The van der Waals surface area contributed by atoms with Gasteiger partial charge in [0, 0.05) is 25.7 Å². The van der Waals surface area contributed by atoms with Gasteiger partial charge < -0.3 is 9.88 Å². The van der Waals surface area contributed by atoms with Gasteiger partial charge in [0.15, 0.2) is 0 Å². The lowest BCUT2D eigenvalue weighted by molar-refractivity contribution is 0.0782. The zero-order valence-corrected chi connectivity index (χ0v) is 18.7. The van der Waals surface area contributed by atoms with Crippen LogP contribution in [0.1, 0.15) is 48.3 Å². The fraction of sp³-hybridized carbons (Fsp3) is 0.391. The minimum atomic E-state index is -3.57. The van der Waals surface area contributed by atoms with Gasteiger partial charge in [0.25, 0.3) is 5.91 Å². The summed E-state index contributed by atoms with van der Waals surface area (Å²) in [4.78, 5) is 22.3. The van der Waals surface area contributed by atoms with Crippen LogP contribution in [0, 0.1) is 0 Å². The van der Waals surface area contributed by atoms with Crippen LogP contribution in [0.2, 0.25) is 0 Å². The first kappa shape index (κ1) is 21.5. The Hall–Kier alpha value is -2.71. The summed E-state index contributed by atoms with van der Waals surface area (Å²) in [6.07, 6.45) is 5.10. The van der Waals surface area contributed by atoms with Crippen LogP contribution in [0.3, 0.4) is 0 Å². The van der Waals surface area contributed by atoms with E-state index in [1.54, 1.807) is 31.1 Å². The van der Waals surface area contributed by atoms with Crippen molar-refractivity contribution >= 4 is 27.0 Å². The number of nitrogens with one attached hydrogen (secondary N) is 1. The number of rotatable bonds is 6. The Morgan fingerprint density at radius 1 is 1.03 bits per heavy atom. The van der Waals surface area contributed by atoms with Crippen molar-refractivity contribution in [2.75, 3.05) is 14.1 Å². The van der Waals surface area contributed by atoms with Gasteiger partial charge in [-0.3, -0.25) is 4.79 Å². The van der Waals surface area contributed by atoms with Gasteiger partial charge in [-0.1, -0.05) is 31.4 Å². The van der Waals surface area contributed by atoms with Crippen molar-refractivity contribution in [3.63, 3.8) is 0 Å². The van der Waals surface area contributed by atoms with Crippen LogP contribution >= 0.6 is 0 Å². The predicted molar refractivity (Wildman–Crippen MR) is 120 cm³/mol. The first-order valence-corrected chi connectivity index (χ1v) is 12.1. The monoisotopic (exact) mass is 440 g/mol. The molecular weight excluding hydrogens is 412 g/mol. The second-order valence-corrected chi connectivity index (χ2v) is 10.2. The molecule has 0 unspecified atom stereocenters. The summed E-state index contributed by atoms with van der Waals surface area (Å²) in [5, 5.41) is 0. The molecule has 1 N–H and O–H groups in total. The largest absolute Gasteiger partial charge is 0.340 e. The fourth-order valence-corrected chi connectivity index (χ4v) is 5.59. The van der Waals surface area contributed by atoms with Crippen LogP contribution in [-0.4, -0.2) is 53.6 Å². The molecule has 3 aromatic rings. The number of hydrogen-bond donors (Lipinski definition) is 1. The maximum Gasteiger partial charge on any atom is 0.254 e. The predicted octanol–water partition coefficient (Wildman–Crippen LogP) is 3.79. The number of fused-ring (bicyclic) bond motifs is 1. The normalized spacial score (nSPS) is 15.5. The van der Waals surface area contributed by atoms with Gasteiger partial charge in [0.1, 0.15) is 5.82 Å². The molecule has 0 atom stereocenters. The Balaban J connectivity index is 1.45. The molecule has 2 aromatic carbocycles. The van der Waals surface area contributed by atoms with Gasteiger partial charge >= 0.3 is 0 Å². The second-order valence-electron chi connectivity index (χ2n) is 8.20. The fourth-order valence-electron chi connectivity index (χ4n) is 4.17. The van der Waals surface area contributed by atoms with E-state index in [0.717, 1.165) is 36.7 Å². The van der Waals surface area contributed by atoms with E-state index in [0.29, 0.717) is 17.9 Å². The van der Waals surface area contributed by atoms with Crippen molar-refractivity contribution < 1.29 is 13.2 Å². The molecule has 1 amide bonds. The van der Waals surface area contributed by atoms with Crippen molar-refractivity contribution in [2.24, 2.45) is 0 Å². The number of nitrogens with zero attached hydrogens (tertiary/aromatic N) is 3. The average Bonchev–Trinajstić information content (AvgIpc) is 3.21. The molecule has 8 heteroatoms. The second kappa shape index (κ2) is 8.80. The van der Waals surface area contributed by atoms with Crippen LogP contribution in [-0.2, 0) is 16.6 Å². The van der Waals surface area contributed by atoms with Gasteiger partial charge in [-0.25, -0.2) is 13.4 Å². The van der Waals surface area contributed by atoms with E-state index >= 15 is 0 Å². The summed E-state index contributed by atoms with van der Waals surface area (Å²) < 4.78 is 27.5. The maximum atomic E-state index is 13.0. The topological polar surface area (TPSA) is 86.4 Å². The Bertz CT molecular complexity index is 1130. The number of aromatic amines is 1. The number of para-hydroxylation sites is 2. The Labute approximate surface area is 183 Å². The molecule has 1 aromatic heterocycles. The molecule has 7 nitrogen and oxygen atoms in total. The molecule has 1 saturated carbocycles. The summed E-state index contributed by atoms with van der Waals surface area (Å²) in [5.41, 5.74) is 2.22. The molecule has 1 aliphatic carbocycles. The number of benzene rings is 2. The van der Waals surface area contributed by atoms with Gasteiger partial charge in [-0.2, -0.15) is 4.31 Å². The van der Waals surface area contributed by atoms with Crippen LogP contribution in [0.4, 0.5) is 0 Å². The number of imidazole rings is 1. The van der Waals surface area contributed by atoms with Crippen molar-refractivity contribution in [1.29, 1.82) is 0 Å². The number of hydrogen-bond acceptors (Lipinski definition) is 4. The third-order valence-electron chi connectivity index (χ3n) is 6.04. The number of carbonyl (C=O) groups excluding carboxylic acids is 1. The summed E-state index contributed by atoms with van der Waals surface area (Å²) in [7, 11) is -0.208. The van der Waals surface area contributed by atoms with Gasteiger partial charge in [0.2, 0.25) is 10.0 Å². The lowest BCUT2D eigenvalue weighted by Crippen LogP contribution is -2.38. The molecule has 1 fully saturated rings. The summed E-state index contributed by atoms with van der Waals surface area (Å²) in [6, 6.07) is 14.0. The van der Waals surface area contributed by atoms with Gasteiger partial charge in [-0.15, -0.1) is 0 Å². The zero-order chi connectivity index (χ0) is 22.0. The highest BCUT2D eigenvalue weighted by Crippen LogP contribution is 2.26. The minimum Gasteiger partial charge on any atom is -0.340 e. The summed E-state index contributed by atoms with van der Waals surface area (Å²) in [6.45, 7) is 0.331. The number of H-pyrrole nitrogens is 1. The molecule has 4 rings (SSSR count). The standard InChI is InChI=1S/C23H28N4O3S/c1-26(16-22-24-20-10-6-7-11-21(20)25-22)23(28)17-12-14-19(15-13-17)31(29,30)27(2)18-8-4-3-5-9-18/h6-7,10-15,18H,3-5,8-9,16H2,1-2H3,(H,24,25). The molecule has 1 aliphatic rings. The molecule has 164 valence electrons. The van der Waals surface area contributed by atoms with Gasteiger partial charge in [-0.05, 0) is 49.2 Å². The summed E-state index contributed by atoms with van der Waals surface area (Å²) in [5.74, 6) is 0.510. The first-order chi connectivity index (χ1) is 14.9. The first-order valence-electron chi connectivity index (χ1n) is 10.6. The number of aromatic nitrogens is 2. The van der Waals surface area contributed by atoms with E-state index in [4.69, 9.17) is 0 Å². The lowest BCUT2D eigenvalue weighted by Gasteiger charge is -2.30. The quantitative estimate of drug-likeness (QED) is 0.632. The number of sulfonamides is 1. The van der Waals surface area contributed by atoms with E-state index in [2.05, 4.69) is 9.97 Å². The molecule has 0 saturated heterocycles. The van der Waals surface area contributed by atoms with Crippen LogP contribution < -0.4 is 0 Å². The highest BCUT2D eigenvalue weighted by Gasteiger charge is 2.29. The SMILES string of the molecule is CN(Cc1nc2ccccc2[nH]1)C(=O)c1ccc(S(=O)(=O)N(C)C2CCCCC2)cc1. The van der Waals surface area contributed by atoms with Crippen molar-refractivity contribution in [3.8, 4) is 0 Å². The molecule has 0 aliphatic heterocycles. The Morgan fingerprint density at radius 3 is 2.39 bits per heavy atom. The third-order valence-corrected chi connectivity index (χ3v) is 7.96. The zero-order valence-electron chi connectivity index (χ0n) is 17.9. The lowest BCUT2D eigenvalue weighted by atomic mass is 9.96. The maximum absolute atomic E-state index is 13.0. The van der Waals surface area contributed by atoms with Crippen molar-refractivity contribution in [1.82, 2.24) is 19.2 Å². The average molecular weight is 441 g/mol. The van der Waals surface area contributed by atoms with Crippen LogP contribution in [0.25, 0.3) is 11.0 Å². The molecular formula is C23H28N4O3S. The molecule has 0 bridgehead atoms. The van der Waals surface area contributed by atoms with Crippen molar-refractivity contribution in [2.45, 2.75) is 49.6 Å². The minimum absolute atomic E-state index is 0.0509. The smallest absolute Gasteiger partial charge is 0.254 e. The molecule has 0 spiro atoms. The van der Waals surface area contributed by atoms with Crippen molar-refractivity contribution in [3.05, 3.63) is 59.9 Å². The molecule has 0 radical (unpaired) electrons. The number of amides is 1. The van der Waals surface area contributed by atoms with E-state index in [-0.39, 0.29) is 16.8 Å². The molecule has 31 heavy (non-hydrogen) atoms. The Kier molecular flexibility index (Phi) is 6.11. The van der Waals surface area contributed by atoms with Crippen LogP contribution in [0.15, 0.2) is 53.4 Å². The van der Waals surface area contributed by atoms with Gasteiger partial charge in [0.05, 0.1) is 22.5 Å². The van der Waals surface area contributed by atoms with Crippen LogP contribution in [0.5, 0.6) is 0 Å².